The van der Waals surface area contributed by atoms with E-state index in [1.807, 2.05) is 12.1 Å². The van der Waals surface area contributed by atoms with Crippen LogP contribution in [0, 0.1) is 0 Å². The standard InChI is InChI=1S/C18H22N2O3/c21-17-13-5-1-2-6-14(13)18(22)20(17)10-9-19-11-12-23-16-8-4-3-7-15(16)19/h1-2,5-6,15-16H,3-4,7-12H2/t15-,16+/m1/s1. The Bertz CT molecular complexity index is 593. The molecule has 5 nitrogen and oxygen atoms in total. The molecule has 1 aromatic carbocycles. The minimum Gasteiger partial charge on any atom is -0.375 e. The van der Waals surface area contributed by atoms with Crippen molar-refractivity contribution in [2.24, 2.45) is 0 Å². The van der Waals surface area contributed by atoms with E-state index in [-0.39, 0.29) is 11.8 Å². The van der Waals surface area contributed by atoms with E-state index in [2.05, 4.69) is 4.90 Å². The molecule has 122 valence electrons. The summed E-state index contributed by atoms with van der Waals surface area (Å²) >= 11 is 0. The predicted molar refractivity (Wildman–Crippen MR) is 85.4 cm³/mol. The molecular weight excluding hydrogens is 292 g/mol. The third-order valence-electron chi connectivity index (χ3n) is 5.34. The number of fused-ring (bicyclic) bond motifs is 2. The van der Waals surface area contributed by atoms with Crippen LogP contribution in [0.25, 0.3) is 0 Å². The van der Waals surface area contributed by atoms with Gasteiger partial charge in [0, 0.05) is 25.7 Å². The largest absolute Gasteiger partial charge is 0.375 e. The number of amides is 2. The maximum Gasteiger partial charge on any atom is 0.261 e. The Balaban J connectivity index is 1.43. The fourth-order valence-corrected chi connectivity index (χ4v) is 4.12. The second kappa shape index (κ2) is 6.06. The molecule has 2 fully saturated rings. The zero-order valence-corrected chi connectivity index (χ0v) is 13.2. The number of ether oxygens (including phenoxy) is 1. The van der Waals surface area contributed by atoms with Gasteiger partial charge in [-0.1, -0.05) is 25.0 Å². The highest BCUT2D eigenvalue weighted by atomic mass is 16.5. The summed E-state index contributed by atoms with van der Waals surface area (Å²) in [4.78, 5) is 28.7. The van der Waals surface area contributed by atoms with Crippen molar-refractivity contribution in [1.82, 2.24) is 9.80 Å². The highest BCUT2D eigenvalue weighted by Crippen LogP contribution is 2.29. The molecule has 0 radical (unpaired) electrons. The second-order valence-corrected chi connectivity index (χ2v) is 6.60. The first-order valence-electron chi connectivity index (χ1n) is 8.56. The van der Waals surface area contributed by atoms with Gasteiger partial charge < -0.3 is 4.74 Å². The molecule has 2 atom stereocenters. The summed E-state index contributed by atoms with van der Waals surface area (Å²) in [5.41, 5.74) is 1.07. The van der Waals surface area contributed by atoms with Gasteiger partial charge in [-0.25, -0.2) is 0 Å². The Morgan fingerprint density at radius 1 is 1.00 bits per heavy atom. The maximum absolute atomic E-state index is 12.4. The van der Waals surface area contributed by atoms with Crippen LogP contribution in [-0.4, -0.2) is 60.0 Å². The first kappa shape index (κ1) is 14.8. The number of benzene rings is 1. The van der Waals surface area contributed by atoms with E-state index < -0.39 is 0 Å². The van der Waals surface area contributed by atoms with Crippen LogP contribution in [0.1, 0.15) is 46.4 Å². The van der Waals surface area contributed by atoms with Crippen LogP contribution < -0.4 is 0 Å². The molecule has 1 saturated heterocycles. The average Bonchev–Trinajstić information content (AvgIpc) is 2.84. The van der Waals surface area contributed by atoms with Gasteiger partial charge in [-0.2, -0.15) is 0 Å². The number of morpholine rings is 1. The number of hydrogen-bond acceptors (Lipinski definition) is 4. The fourth-order valence-electron chi connectivity index (χ4n) is 4.12. The molecule has 2 amide bonds. The van der Waals surface area contributed by atoms with Crippen LogP contribution in [0.3, 0.4) is 0 Å². The lowest BCUT2D eigenvalue weighted by Crippen LogP contribution is -2.54. The molecule has 3 aliphatic rings. The summed E-state index contributed by atoms with van der Waals surface area (Å²) in [5.74, 6) is -0.307. The first-order chi connectivity index (χ1) is 11.3. The average molecular weight is 314 g/mol. The van der Waals surface area contributed by atoms with E-state index in [0.29, 0.717) is 29.8 Å². The highest BCUT2D eigenvalue weighted by Gasteiger charge is 2.37. The molecule has 4 rings (SSSR count). The van der Waals surface area contributed by atoms with Crippen LogP contribution in [0.4, 0.5) is 0 Å². The summed E-state index contributed by atoms with van der Waals surface area (Å²) < 4.78 is 5.89. The van der Waals surface area contributed by atoms with Crippen LogP contribution in [0.15, 0.2) is 24.3 Å². The number of rotatable bonds is 3. The summed E-state index contributed by atoms with van der Waals surface area (Å²) in [6.45, 7) is 2.86. The number of hydrogen-bond donors (Lipinski definition) is 0. The van der Waals surface area contributed by atoms with E-state index >= 15 is 0 Å². The molecule has 23 heavy (non-hydrogen) atoms. The molecule has 1 aromatic rings. The zero-order valence-electron chi connectivity index (χ0n) is 13.2. The molecule has 0 unspecified atom stereocenters. The minimum atomic E-state index is -0.154. The summed E-state index contributed by atoms with van der Waals surface area (Å²) in [6, 6.07) is 7.54. The van der Waals surface area contributed by atoms with Gasteiger partial charge in [0.05, 0.1) is 23.8 Å². The predicted octanol–water partition coefficient (Wildman–Crippen LogP) is 1.93. The topological polar surface area (TPSA) is 49.9 Å². The van der Waals surface area contributed by atoms with Gasteiger partial charge in [0.2, 0.25) is 0 Å². The Morgan fingerprint density at radius 3 is 2.43 bits per heavy atom. The van der Waals surface area contributed by atoms with Gasteiger partial charge in [-0.15, -0.1) is 0 Å². The van der Waals surface area contributed by atoms with Gasteiger partial charge in [0.15, 0.2) is 0 Å². The Kier molecular flexibility index (Phi) is 3.91. The van der Waals surface area contributed by atoms with E-state index in [1.165, 1.54) is 17.7 Å². The molecule has 0 spiro atoms. The van der Waals surface area contributed by atoms with Crippen LogP contribution in [0.2, 0.25) is 0 Å². The number of imide groups is 1. The summed E-state index contributed by atoms with van der Waals surface area (Å²) in [5, 5.41) is 0. The Labute approximate surface area is 136 Å². The lowest BCUT2D eigenvalue weighted by atomic mass is 9.90. The van der Waals surface area contributed by atoms with E-state index in [1.54, 1.807) is 12.1 Å². The summed E-state index contributed by atoms with van der Waals surface area (Å²) in [6.07, 6.45) is 5.11. The smallest absolute Gasteiger partial charge is 0.261 e. The second-order valence-electron chi connectivity index (χ2n) is 6.60. The van der Waals surface area contributed by atoms with Crippen molar-refractivity contribution in [3.05, 3.63) is 35.4 Å². The molecule has 0 bridgehead atoms. The van der Waals surface area contributed by atoms with Gasteiger partial charge in [-0.05, 0) is 25.0 Å². The van der Waals surface area contributed by atoms with Crippen molar-refractivity contribution in [3.63, 3.8) is 0 Å². The van der Waals surface area contributed by atoms with Crippen molar-refractivity contribution in [2.45, 2.75) is 37.8 Å². The molecule has 1 aliphatic carbocycles. The van der Waals surface area contributed by atoms with Gasteiger partial charge in [0.25, 0.3) is 11.8 Å². The third kappa shape index (κ3) is 2.58. The van der Waals surface area contributed by atoms with Crippen molar-refractivity contribution >= 4 is 11.8 Å². The fraction of sp³-hybridized carbons (Fsp3) is 0.556. The molecule has 2 aliphatic heterocycles. The molecule has 0 aromatic heterocycles. The van der Waals surface area contributed by atoms with Crippen molar-refractivity contribution < 1.29 is 14.3 Å². The molecule has 0 N–H and O–H groups in total. The molecule has 1 saturated carbocycles. The number of carbonyl (C=O) groups excluding carboxylic acids is 2. The van der Waals surface area contributed by atoms with Gasteiger partial charge >= 0.3 is 0 Å². The Hall–Kier alpha value is -1.72. The highest BCUT2D eigenvalue weighted by molar-refractivity contribution is 6.21. The van der Waals surface area contributed by atoms with E-state index in [0.717, 1.165) is 32.5 Å². The first-order valence-corrected chi connectivity index (χ1v) is 8.56. The minimum absolute atomic E-state index is 0.154. The van der Waals surface area contributed by atoms with Crippen LogP contribution >= 0.6 is 0 Å². The molecule has 5 heteroatoms. The van der Waals surface area contributed by atoms with Crippen molar-refractivity contribution in [1.29, 1.82) is 0 Å². The van der Waals surface area contributed by atoms with Gasteiger partial charge in [0.1, 0.15) is 0 Å². The lowest BCUT2D eigenvalue weighted by Gasteiger charge is -2.44. The third-order valence-corrected chi connectivity index (χ3v) is 5.34. The maximum atomic E-state index is 12.4. The summed E-state index contributed by atoms with van der Waals surface area (Å²) in [7, 11) is 0. The SMILES string of the molecule is O=C1c2ccccc2C(=O)N1CCN1CCO[C@H]2CCCC[C@H]21. The Morgan fingerprint density at radius 2 is 1.70 bits per heavy atom. The van der Waals surface area contributed by atoms with Crippen molar-refractivity contribution in [2.75, 3.05) is 26.2 Å². The number of carbonyl (C=O) groups is 2. The van der Waals surface area contributed by atoms with Crippen molar-refractivity contribution in [3.8, 4) is 0 Å². The zero-order chi connectivity index (χ0) is 15.8. The molecular formula is C18H22N2O3. The van der Waals surface area contributed by atoms with E-state index in [4.69, 9.17) is 4.74 Å². The van der Waals surface area contributed by atoms with Crippen LogP contribution in [-0.2, 0) is 4.74 Å². The van der Waals surface area contributed by atoms with E-state index in [9.17, 15) is 9.59 Å². The van der Waals surface area contributed by atoms with Gasteiger partial charge in [-0.3, -0.25) is 19.4 Å². The normalized spacial score (nSPS) is 27.9. The monoisotopic (exact) mass is 314 g/mol. The quantitative estimate of drug-likeness (QED) is 0.800. The lowest BCUT2D eigenvalue weighted by molar-refractivity contribution is -0.0884. The van der Waals surface area contributed by atoms with Crippen LogP contribution in [0.5, 0.6) is 0 Å². The molecule has 2 heterocycles. The number of nitrogens with zero attached hydrogens (tertiary/aromatic N) is 2.